The van der Waals surface area contributed by atoms with E-state index >= 15 is 0 Å². The van der Waals surface area contributed by atoms with E-state index in [1.165, 1.54) is 11.8 Å². The van der Waals surface area contributed by atoms with Crippen LogP contribution in [0.4, 0.5) is 13.2 Å². The molecule has 6 heteroatoms. The predicted octanol–water partition coefficient (Wildman–Crippen LogP) is 3.58. The lowest BCUT2D eigenvalue weighted by Crippen LogP contribution is -2.19. The van der Waals surface area contributed by atoms with Crippen LogP contribution in [0.5, 0.6) is 0 Å². The number of benzene rings is 1. The fourth-order valence-corrected chi connectivity index (χ4v) is 2.01. The van der Waals surface area contributed by atoms with Crippen LogP contribution >= 0.6 is 11.8 Å². The first kappa shape index (κ1) is 13.7. The third-order valence-corrected chi connectivity index (χ3v) is 3.33. The van der Waals surface area contributed by atoms with Crippen molar-refractivity contribution in [3.63, 3.8) is 0 Å². The number of hydrogen-bond donors (Lipinski definition) is 0. The average Bonchev–Trinajstić information content (AvgIpc) is 2.38. The van der Waals surface area contributed by atoms with Crippen LogP contribution in [0.15, 0.2) is 52.3 Å². The SMILES string of the molecule is CSc1ccc(-n2cc(C(F)(F)F)ccc2=O)cc1. The Bertz CT molecular complexity index is 632. The van der Waals surface area contributed by atoms with E-state index in [1.807, 2.05) is 6.26 Å². The van der Waals surface area contributed by atoms with Crippen molar-refractivity contribution in [1.29, 1.82) is 0 Å². The van der Waals surface area contributed by atoms with Crippen LogP contribution in [0.2, 0.25) is 0 Å². The van der Waals surface area contributed by atoms with Crippen molar-refractivity contribution in [2.45, 2.75) is 11.1 Å². The van der Waals surface area contributed by atoms with Crippen molar-refractivity contribution >= 4 is 11.8 Å². The van der Waals surface area contributed by atoms with Gasteiger partial charge in [-0.3, -0.25) is 9.36 Å². The van der Waals surface area contributed by atoms with Crippen molar-refractivity contribution in [3.05, 3.63) is 58.5 Å². The quantitative estimate of drug-likeness (QED) is 0.787. The van der Waals surface area contributed by atoms with Gasteiger partial charge in [0.05, 0.1) is 5.56 Å². The molecule has 2 aromatic rings. The van der Waals surface area contributed by atoms with Gasteiger partial charge in [0, 0.05) is 22.8 Å². The zero-order chi connectivity index (χ0) is 14.0. The van der Waals surface area contributed by atoms with Gasteiger partial charge in [-0.25, -0.2) is 0 Å². The summed E-state index contributed by atoms with van der Waals surface area (Å²) in [5.41, 5.74) is -0.931. The summed E-state index contributed by atoms with van der Waals surface area (Å²) in [6.45, 7) is 0. The lowest BCUT2D eigenvalue weighted by molar-refractivity contribution is -0.138. The Labute approximate surface area is 111 Å². The molecule has 2 nitrogen and oxygen atoms in total. The van der Waals surface area contributed by atoms with Gasteiger partial charge in [-0.2, -0.15) is 13.2 Å². The van der Waals surface area contributed by atoms with Gasteiger partial charge < -0.3 is 0 Å². The van der Waals surface area contributed by atoms with Crippen molar-refractivity contribution in [1.82, 2.24) is 4.57 Å². The van der Waals surface area contributed by atoms with E-state index in [9.17, 15) is 18.0 Å². The largest absolute Gasteiger partial charge is 0.417 e. The number of aromatic nitrogens is 1. The number of halogens is 3. The van der Waals surface area contributed by atoms with Gasteiger partial charge in [0.25, 0.3) is 5.56 Å². The molecule has 0 fully saturated rings. The van der Waals surface area contributed by atoms with Gasteiger partial charge >= 0.3 is 6.18 Å². The summed E-state index contributed by atoms with van der Waals surface area (Å²) in [4.78, 5) is 12.6. The summed E-state index contributed by atoms with van der Waals surface area (Å²) in [6, 6.07) is 8.46. The monoisotopic (exact) mass is 285 g/mol. The van der Waals surface area contributed by atoms with Crippen molar-refractivity contribution in [2.75, 3.05) is 6.26 Å². The van der Waals surface area contributed by atoms with Gasteiger partial charge in [-0.05, 0) is 36.6 Å². The molecule has 0 aliphatic heterocycles. The molecule has 0 radical (unpaired) electrons. The molecule has 1 aromatic carbocycles. The zero-order valence-corrected chi connectivity index (χ0v) is 10.8. The summed E-state index contributed by atoms with van der Waals surface area (Å²) in [6.07, 6.45) is -1.75. The molecule has 100 valence electrons. The standard InChI is InChI=1S/C13H10F3NOS/c1-19-11-5-3-10(4-6-11)17-8-9(13(14,15)16)2-7-12(17)18/h2-8H,1H3. The summed E-state index contributed by atoms with van der Waals surface area (Å²) < 4.78 is 38.8. The summed E-state index contributed by atoms with van der Waals surface area (Å²) in [5, 5.41) is 0. The predicted molar refractivity (Wildman–Crippen MR) is 68.8 cm³/mol. The lowest BCUT2D eigenvalue weighted by atomic mass is 10.2. The van der Waals surface area contributed by atoms with E-state index in [1.54, 1.807) is 24.3 Å². The summed E-state index contributed by atoms with van der Waals surface area (Å²) in [7, 11) is 0. The highest BCUT2D eigenvalue weighted by atomic mass is 32.2. The Morgan fingerprint density at radius 3 is 2.21 bits per heavy atom. The number of nitrogens with zero attached hydrogens (tertiary/aromatic N) is 1. The molecule has 0 saturated heterocycles. The van der Waals surface area contributed by atoms with Gasteiger partial charge in [0.15, 0.2) is 0 Å². The third-order valence-electron chi connectivity index (χ3n) is 2.59. The fourth-order valence-electron chi connectivity index (χ4n) is 1.60. The first-order valence-electron chi connectivity index (χ1n) is 5.36. The van der Waals surface area contributed by atoms with Gasteiger partial charge in [-0.1, -0.05) is 0 Å². The molecule has 0 amide bonds. The highest BCUT2D eigenvalue weighted by Gasteiger charge is 2.31. The molecule has 1 heterocycles. The minimum absolute atomic E-state index is 0.411. The molecular formula is C13H10F3NOS. The number of hydrogen-bond acceptors (Lipinski definition) is 2. The molecule has 0 unspecified atom stereocenters. The van der Waals surface area contributed by atoms with Crippen LogP contribution in [0.1, 0.15) is 5.56 Å². The van der Waals surface area contributed by atoms with Gasteiger partial charge in [-0.15, -0.1) is 11.8 Å². The topological polar surface area (TPSA) is 22.0 Å². The van der Waals surface area contributed by atoms with Crippen LogP contribution in [0.25, 0.3) is 5.69 Å². The first-order chi connectivity index (χ1) is 8.91. The van der Waals surface area contributed by atoms with E-state index in [0.29, 0.717) is 5.69 Å². The van der Waals surface area contributed by atoms with Crippen LogP contribution in [-0.4, -0.2) is 10.8 Å². The molecule has 0 aliphatic rings. The first-order valence-corrected chi connectivity index (χ1v) is 6.58. The van der Waals surface area contributed by atoms with E-state index in [-0.39, 0.29) is 0 Å². The van der Waals surface area contributed by atoms with Crippen molar-refractivity contribution in [2.24, 2.45) is 0 Å². The average molecular weight is 285 g/mol. The molecule has 0 atom stereocenters. The molecule has 1 aromatic heterocycles. The Balaban J connectivity index is 2.51. The zero-order valence-electron chi connectivity index (χ0n) is 9.94. The summed E-state index contributed by atoms with van der Waals surface area (Å²) in [5.74, 6) is 0. The smallest absolute Gasteiger partial charge is 0.284 e. The second-order valence-electron chi connectivity index (χ2n) is 3.82. The van der Waals surface area contributed by atoms with Crippen LogP contribution in [-0.2, 0) is 6.18 Å². The minimum atomic E-state index is -4.46. The molecule has 2 rings (SSSR count). The van der Waals surface area contributed by atoms with E-state index in [2.05, 4.69) is 0 Å². The number of thioether (sulfide) groups is 1. The molecular weight excluding hydrogens is 275 g/mol. The number of rotatable bonds is 2. The second-order valence-corrected chi connectivity index (χ2v) is 4.70. The van der Waals surface area contributed by atoms with Crippen molar-refractivity contribution in [3.8, 4) is 5.69 Å². The van der Waals surface area contributed by atoms with Crippen LogP contribution in [0.3, 0.4) is 0 Å². The van der Waals surface area contributed by atoms with Gasteiger partial charge in [0.2, 0.25) is 0 Å². The second kappa shape index (κ2) is 5.13. The maximum Gasteiger partial charge on any atom is 0.417 e. The highest BCUT2D eigenvalue weighted by molar-refractivity contribution is 7.98. The lowest BCUT2D eigenvalue weighted by Gasteiger charge is -2.11. The number of alkyl halides is 3. The molecule has 0 spiro atoms. The third kappa shape index (κ3) is 3.01. The highest BCUT2D eigenvalue weighted by Crippen LogP contribution is 2.28. The normalized spacial score (nSPS) is 11.6. The van der Waals surface area contributed by atoms with E-state index in [0.717, 1.165) is 27.8 Å². The van der Waals surface area contributed by atoms with Crippen molar-refractivity contribution < 1.29 is 13.2 Å². The molecule has 19 heavy (non-hydrogen) atoms. The van der Waals surface area contributed by atoms with E-state index in [4.69, 9.17) is 0 Å². The minimum Gasteiger partial charge on any atom is -0.284 e. The fraction of sp³-hybridized carbons (Fsp3) is 0.154. The maximum atomic E-state index is 12.6. The number of pyridine rings is 1. The summed E-state index contributed by atoms with van der Waals surface area (Å²) >= 11 is 1.52. The molecule has 0 aliphatic carbocycles. The maximum absolute atomic E-state index is 12.6. The van der Waals surface area contributed by atoms with E-state index < -0.39 is 17.3 Å². The van der Waals surface area contributed by atoms with Crippen LogP contribution < -0.4 is 5.56 Å². The Hall–Kier alpha value is -1.69. The van der Waals surface area contributed by atoms with Crippen LogP contribution in [0, 0.1) is 0 Å². The Morgan fingerprint density at radius 2 is 1.68 bits per heavy atom. The Morgan fingerprint density at radius 1 is 1.05 bits per heavy atom. The molecule has 0 N–H and O–H groups in total. The molecule has 0 saturated carbocycles. The van der Waals surface area contributed by atoms with Gasteiger partial charge in [0.1, 0.15) is 0 Å². The Kier molecular flexibility index (Phi) is 3.71. The molecule has 0 bridgehead atoms.